The number of benzene rings is 1. The molecule has 5 heteroatoms. The van der Waals surface area contributed by atoms with E-state index in [0.717, 1.165) is 28.0 Å². The number of carbonyl (C=O) groups is 1. The van der Waals surface area contributed by atoms with Gasteiger partial charge in [-0.05, 0) is 46.6 Å². The van der Waals surface area contributed by atoms with E-state index in [9.17, 15) is 4.79 Å². The van der Waals surface area contributed by atoms with Gasteiger partial charge in [-0.3, -0.25) is 4.79 Å². The van der Waals surface area contributed by atoms with Crippen molar-refractivity contribution in [2.75, 3.05) is 10.6 Å². The molecule has 0 spiro atoms. The van der Waals surface area contributed by atoms with Crippen LogP contribution in [-0.2, 0) is 11.3 Å². The number of anilines is 2. The molecule has 1 amide bonds. The first-order valence-corrected chi connectivity index (χ1v) is 7.57. The van der Waals surface area contributed by atoms with Crippen molar-refractivity contribution in [1.29, 1.82) is 0 Å². The number of nitrogens with one attached hydrogen (secondary N) is 2. The number of rotatable bonds is 4. The molecule has 0 aliphatic heterocycles. The van der Waals surface area contributed by atoms with Crippen LogP contribution in [0.3, 0.4) is 0 Å². The van der Waals surface area contributed by atoms with Crippen molar-refractivity contribution in [1.82, 2.24) is 0 Å². The van der Waals surface area contributed by atoms with Gasteiger partial charge in [0.15, 0.2) is 0 Å². The van der Waals surface area contributed by atoms with E-state index in [1.807, 2.05) is 25.1 Å². The lowest BCUT2D eigenvalue weighted by Gasteiger charge is -2.10. The lowest BCUT2D eigenvalue weighted by molar-refractivity contribution is -0.114. The molecule has 1 heterocycles. The van der Waals surface area contributed by atoms with Gasteiger partial charge >= 0.3 is 0 Å². The van der Waals surface area contributed by atoms with Gasteiger partial charge in [-0.15, -0.1) is 11.3 Å². The number of hydrogen-bond donors (Lipinski definition) is 2. The van der Waals surface area contributed by atoms with Gasteiger partial charge in [0.05, 0.1) is 0 Å². The number of amides is 1. The summed E-state index contributed by atoms with van der Waals surface area (Å²) in [5.74, 6) is -0.0533. The van der Waals surface area contributed by atoms with Crippen molar-refractivity contribution < 1.29 is 4.79 Å². The topological polar surface area (TPSA) is 41.1 Å². The summed E-state index contributed by atoms with van der Waals surface area (Å²) in [6, 6.07) is 8.07. The van der Waals surface area contributed by atoms with Gasteiger partial charge in [-0.25, -0.2) is 0 Å². The molecule has 1 aromatic heterocycles. The van der Waals surface area contributed by atoms with Crippen LogP contribution in [0.2, 0.25) is 0 Å². The molecule has 0 unspecified atom stereocenters. The van der Waals surface area contributed by atoms with Gasteiger partial charge in [0.25, 0.3) is 0 Å². The molecule has 2 N–H and O–H groups in total. The Bertz CT molecular complexity index is 595. The molecular formula is C14H15BrN2OS. The van der Waals surface area contributed by atoms with Crippen LogP contribution < -0.4 is 10.6 Å². The molecule has 0 saturated carbocycles. The van der Waals surface area contributed by atoms with E-state index in [1.54, 1.807) is 11.3 Å². The van der Waals surface area contributed by atoms with E-state index in [1.165, 1.54) is 11.8 Å². The molecule has 0 radical (unpaired) electrons. The van der Waals surface area contributed by atoms with Gasteiger partial charge < -0.3 is 10.6 Å². The van der Waals surface area contributed by atoms with E-state index < -0.39 is 0 Å². The SMILES string of the molecule is CC(=O)Nc1cc(NCc2cc(Br)cs2)ccc1C. The lowest BCUT2D eigenvalue weighted by Crippen LogP contribution is -2.07. The summed E-state index contributed by atoms with van der Waals surface area (Å²) in [6.07, 6.45) is 0. The molecule has 100 valence electrons. The Labute approximate surface area is 125 Å². The quantitative estimate of drug-likeness (QED) is 0.867. The Balaban J connectivity index is 2.06. The van der Waals surface area contributed by atoms with Crippen LogP contribution in [0, 0.1) is 6.92 Å². The predicted molar refractivity (Wildman–Crippen MR) is 84.8 cm³/mol. The molecule has 0 saturated heterocycles. The first-order chi connectivity index (χ1) is 9.04. The van der Waals surface area contributed by atoms with Crippen molar-refractivity contribution in [2.24, 2.45) is 0 Å². The zero-order valence-electron chi connectivity index (χ0n) is 10.8. The fraction of sp³-hybridized carbons (Fsp3) is 0.214. The Hall–Kier alpha value is -1.33. The molecule has 19 heavy (non-hydrogen) atoms. The summed E-state index contributed by atoms with van der Waals surface area (Å²) >= 11 is 5.15. The maximum atomic E-state index is 11.1. The minimum atomic E-state index is -0.0533. The lowest BCUT2D eigenvalue weighted by atomic mass is 10.1. The molecule has 0 aliphatic rings. The largest absolute Gasteiger partial charge is 0.380 e. The monoisotopic (exact) mass is 338 g/mol. The number of halogens is 1. The maximum absolute atomic E-state index is 11.1. The fourth-order valence-corrected chi connectivity index (χ4v) is 3.08. The van der Waals surface area contributed by atoms with Gasteiger partial charge in [0.1, 0.15) is 0 Å². The summed E-state index contributed by atoms with van der Waals surface area (Å²) in [5.41, 5.74) is 2.91. The smallest absolute Gasteiger partial charge is 0.221 e. The summed E-state index contributed by atoms with van der Waals surface area (Å²) in [4.78, 5) is 12.4. The van der Waals surface area contributed by atoms with Crippen LogP contribution in [0.5, 0.6) is 0 Å². The highest BCUT2D eigenvalue weighted by atomic mass is 79.9. The van der Waals surface area contributed by atoms with Crippen molar-refractivity contribution in [2.45, 2.75) is 20.4 Å². The van der Waals surface area contributed by atoms with E-state index in [2.05, 4.69) is 38.0 Å². The third-order valence-corrected chi connectivity index (χ3v) is 4.33. The Morgan fingerprint density at radius 3 is 2.79 bits per heavy atom. The standard InChI is InChI=1S/C14H15BrN2OS/c1-9-3-4-12(6-14(9)17-10(2)18)16-7-13-5-11(15)8-19-13/h3-6,8,16H,7H2,1-2H3,(H,17,18). The van der Waals surface area contributed by atoms with Crippen molar-refractivity contribution >= 4 is 44.5 Å². The summed E-state index contributed by atoms with van der Waals surface area (Å²) in [6.45, 7) is 4.27. The number of thiophene rings is 1. The van der Waals surface area contributed by atoms with E-state index in [4.69, 9.17) is 0 Å². The molecule has 0 atom stereocenters. The van der Waals surface area contributed by atoms with Crippen LogP contribution >= 0.6 is 27.3 Å². The third kappa shape index (κ3) is 4.08. The van der Waals surface area contributed by atoms with Gasteiger partial charge in [-0.2, -0.15) is 0 Å². The predicted octanol–water partition coefficient (Wildman–Crippen LogP) is 4.39. The Kier molecular flexibility index (Phi) is 4.61. The molecule has 2 aromatic rings. The molecule has 3 nitrogen and oxygen atoms in total. The minimum Gasteiger partial charge on any atom is -0.380 e. The highest BCUT2D eigenvalue weighted by Gasteiger charge is 2.03. The summed E-state index contributed by atoms with van der Waals surface area (Å²) in [5, 5.41) is 8.25. The zero-order valence-corrected chi connectivity index (χ0v) is 13.2. The van der Waals surface area contributed by atoms with Crippen molar-refractivity contribution in [3.8, 4) is 0 Å². The summed E-state index contributed by atoms with van der Waals surface area (Å²) < 4.78 is 1.11. The van der Waals surface area contributed by atoms with Crippen LogP contribution in [0.4, 0.5) is 11.4 Å². The fourth-order valence-electron chi connectivity index (χ4n) is 1.69. The molecular weight excluding hydrogens is 324 g/mol. The molecule has 1 aromatic carbocycles. The van der Waals surface area contributed by atoms with Crippen LogP contribution in [0.15, 0.2) is 34.1 Å². The molecule has 0 fully saturated rings. The van der Waals surface area contributed by atoms with E-state index in [0.29, 0.717) is 0 Å². The van der Waals surface area contributed by atoms with Crippen molar-refractivity contribution in [3.05, 3.63) is 44.6 Å². The first kappa shape index (κ1) is 14.1. The molecule has 0 aliphatic carbocycles. The second-order valence-electron chi connectivity index (χ2n) is 4.30. The van der Waals surface area contributed by atoms with Crippen molar-refractivity contribution in [3.63, 3.8) is 0 Å². The second kappa shape index (κ2) is 6.21. The van der Waals surface area contributed by atoms with Crippen LogP contribution in [-0.4, -0.2) is 5.91 Å². The normalized spacial score (nSPS) is 10.3. The van der Waals surface area contributed by atoms with Gasteiger partial charge in [-0.1, -0.05) is 6.07 Å². The molecule has 2 rings (SSSR count). The number of carbonyl (C=O) groups excluding carboxylic acids is 1. The van der Waals surface area contributed by atoms with Gasteiger partial charge in [0.2, 0.25) is 5.91 Å². The highest BCUT2D eigenvalue weighted by Crippen LogP contribution is 2.23. The second-order valence-corrected chi connectivity index (χ2v) is 6.21. The zero-order chi connectivity index (χ0) is 13.8. The number of hydrogen-bond acceptors (Lipinski definition) is 3. The average molecular weight is 339 g/mol. The van der Waals surface area contributed by atoms with E-state index in [-0.39, 0.29) is 5.91 Å². The third-order valence-electron chi connectivity index (χ3n) is 2.64. The Morgan fingerprint density at radius 1 is 1.37 bits per heavy atom. The average Bonchev–Trinajstić information content (AvgIpc) is 2.75. The first-order valence-electron chi connectivity index (χ1n) is 5.89. The highest BCUT2D eigenvalue weighted by molar-refractivity contribution is 9.10. The van der Waals surface area contributed by atoms with Gasteiger partial charge in [0, 0.05) is 39.6 Å². The number of aryl methyl sites for hydroxylation is 1. The Morgan fingerprint density at radius 2 is 2.16 bits per heavy atom. The van der Waals surface area contributed by atoms with Crippen LogP contribution in [0.1, 0.15) is 17.4 Å². The van der Waals surface area contributed by atoms with Crippen LogP contribution in [0.25, 0.3) is 0 Å². The molecule has 0 bridgehead atoms. The van der Waals surface area contributed by atoms with E-state index >= 15 is 0 Å². The summed E-state index contributed by atoms with van der Waals surface area (Å²) in [7, 11) is 0. The minimum absolute atomic E-state index is 0.0533. The maximum Gasteiger partial charge on any atom is 0.221 e.